The van der Waals surface area contributed by atoms with Crippen LogP contribution in [0.4, 0.5) is 0 Å². The van der Waals surface area contributed by atoms with E-state index in [0.29, 0.717) is 17.4 Å². The molecule has 1 saturated carbocycles. The topological polar surface area (TPSA) is 47.9 Å². The highest BCUT2D eigenvalue weighted by Crippen LogP contribution is 2.48. The zero-order chi connectivity index (χ0) is 16.2. The van der Waals surface area contributed by atoms with Gasteiger partial charge in [-0.25, -0.2) is 4.79 Å². The highest BCUT2D eigenvalue weighted by atomic mass is 16.7. The van der Waals surface area contributed by atoms with Crippen LogP contribution in [-0.4, -0.2) is 18.8 Å². The van der Waals surface area contributed by atoms with Crippen molar-refractivity contribution in [3.8, 4) is 5.75 Å². The molecule has 1 fully saturated rings. The lowest BCUT2D eigenvalue weighted by Gasteiger charge is -2.03. The van der Waals surface area contributed by atoms with Crippen LogP contribution in [-0.2, 0) is 4.84 Å². The molecule has 0 aromatic heterocycles. The van der Waals surface area contributed by atoms with Gasteiger partial charge in [0, 0.05) is 5.92 Å². The third-order valence-corrected chi connectivity index (χ3v) is 4.15. The summed E-state index contributed by atoms with van der Waals surface area (Å²) >= 11 is 0. The smallest absolute Gasteiger partial charge is 0.365 e. The summed E-state index contributed by atoms with van der Waals surface area (Å²) in [5, 5.41) is 4.01. The molecule has 118 valence electrons. The lowest BCUT2D eigenvalue weighted by molar-refractivity contribution is 0.0514. The van der Waals surface area contributed by atoms with Gasteiger partial charge < -0.3 is 9.57 Å². The summed E-state index contributed by atoms with van der Waals surface area (Å²) in [6, 6.07) is 17.0. The zero-order valence-electron chi connectivity index (χ0n) is 13.2. The summed E-state index contributed by atoms with van der Waals surface area (Å²) in [4.78, 5) is 16.9. The second kappa shape index (κ2) is 6.65. The van der Waals surface area contributed by atoms with Gasteiger partial charge in [0.05, 0.1) is 18.4 Å². The number of rotatable bonds is 5. The first-order valence-electron chi connectivity index (χ1n) is 7.64. The monoisotopic (exact) mass is 309 g/mol. The van der Waals surface area contributed by atoms with Crippen molar-refractivity contribution < 1.29 is 14.4 Å². The maximum atomic E-state index is 11.9. The van der Waals surface area contributed by atoms with Crippen LogP contribution in [0.3, 0.4) is 0 Å². The number of oxime groups is 1. The fourth-order valence-electron chi connectivity index (χ4n) is 2.68. The van der Waals surface area contributed by atoms with E-state index in [-0.39, 0.29) is 0 Å². The van der Waals surface area contributed by atoms with Crippen molar-refractivity contribution in [2.45, 2.75) is 19.3 Å². The predicted molar refractivity (Wildman–Crippen MR) is 88.8 cm³/mol. The van der Waals surface area contributed by atoms with Gasteiger partial charge in [-0.15, -0.1) is 0 Å². The van der Waals surface area contributed by atoms with E-state index in [1.54, 1.807) is 31.4 Å². The average molecular weight is 309 g/mol. The number of hydrogen-bond acceptors (Lipinski definition) is 4. The molecule has 0 saturated heterocycles. The fraction of sp³-hybridized carbons (Fsp3) is 0.263. The van der Waals surface area contributed by atoms with Gasteiger partial charge in [-0.3, -0.25) is 0 Å². The molecule has 2 atom stereocenters. The maximum Gasteiger partial charge on any atom is 0.365 e. The van der Waals surface area contributed by atoms with Gasteiger partial charge in [-0.1, -0.05) is 35.5 Å². The summed E-state index contributed by atoms with van der Waals surface area (Å²) < 4.78 is 5.17. The number of methoxy groups -OCH3 is 1. The molecule has 0 unspecified atom stereocenters. The number of carbonyl (C=O) groups is 1. The van der Waals surface area contributed by atoms with Crippen molar-refractivity contribution in [3.63, 3.8) is 0 Å². The second-order valence-electron chi connectivity index (χ2n) is 5.70. The Hall–Kier alpha value is -2.62. The molecule has 2 aromatic carbocycles. The standard InChI is InChI=1S/C19H19NO3/c1-13(20-23-19(21)15-6-4-3-5-7-15)17-12-18(17)14-8-10-16(22-2)11-9-14/h3-11,17-18H,12H2,1-2H3/b20-13-/t17-,18-/m1/s1. The van der Waals surface area contributed by atoms with Gasteiger partial charge in [-0.05, 0) is 49.1 Å². The fourth-order valence-corrected chi connectivity index (χ4v) is 2.68. The highest BCUT2D eigenvalue weighted by molar-refractivity contribution is 5.91. The first-order chi connectivity index (χ1) is 11.2. The van der Waals surface area contributed by atoms with Crippen LogP contribution in [0.2, 0.25) is 0 Å². The Kier molecular flexibility index (Phi) is 4.42. The maximum absolute atomic E-state index is 11.9. The van der Waals surface area contributed by atoms with Crippen molar-refractivity contribution in [2.24, 2.45) is 11.1 Å². The number of benzene rings is 2. The molecule has 0 spiro atoms. The van der Waals surface area contributed by atoms with Crippen LogP contribution in [0, 0.1) is 5.92 Å². The van der Waals surface area contributed by atoms with E-state index < -0.39 is 5.97 Å². The second-order valence-corrected chi connectivity index (χ2v) is 5.70. The van der Waals surface area contributed by atoms with Crippen LogP contribution < -0.4 is 4.74 Å². The SMILES string of the molecule is COc1ccc([C@H]2C[C@@H]2/C(C)=N\OC(=O)c2ccccc2)cc1. The number of ether oxygens (including phenoxy) is 1. The quantitative estimate of drug-likeness (QED) is 0.476. The van der Waals surface area contributed by atoms with Gasteiger partial charge in [0.15, 0.2) is 0 Å². The minimum atomic E-state index is -0.424. The summed E-state index contributed by atoms with van der Waals surface area (Å²) in [5.74, 6) is 1.21. The Morgan fingerprint density at radius 2 is 1.78 bits per heavy atom. The normalized spacial score (nSPS) is 20.0. The van der Waals surface area contributed by atoms with E-state index >= 15 is 0 Å². The molecule has 4 heteroatoms. The molecule has 4 nitrogen and oxygen atoms in total. The van der Waals surface area contributed by atoms with Crippen molar-refractivity contribution in [1.82, 2.24) is 0 Å². The van der Waals surface area contributed by atoms with Gasteiger partial charge in [0.1, 0.15) is 5.75 Å². The van der Waals surface area contributed by atoms with Gasteiger partial charge in [-0.2, -0.15) is 0 Å². The van der Waals surface area contributed by atoms with Crippen molar-refractivity contribution in [1.29, 1.82) is 0 Å². The predicted octanol–water partition coefficient (Wildman–Crippen LogP) is 4.03. The van der Waals surface area contributed by atoms with Crippen molar-refractivity contribution in [3.05, 3.63) is 65.7 Å². The van der Waals surface area contributed by atoms with E-state index in [1.165, 1.54) is 5.56 Å². The Bertz CT molecular complexity index is 707. The Morgan fingerprint density at radius 1 is 1.09 bits per heavy atom. The summed E-state index contributed by atoms with van der Waals surface area (Å²) in [6.07, 6.45) is 1.03. The van der Waals surface area contributed by atoms with E-state index in [9.17, 15) is 4.79 Å². The summed E-state index contributed by atoms with van der Waals surface area (Å²) in [7, 11) is 1.66. The Labute approximate surface area is 135 Å². The summed E-state index contributed by atoms with van der Waals surface area (Å²) in [6.45, 7) is 1.91. The zero-order valence-corrected chi connectivity index (χ0v) is 13.2. The molecule has 0 heterocycles. The lowest BCUT2D eigenvalue weighted by Crippen LogP contribution is -2.04. The minimum Gasteiger partial charge on any atom is -0.497 e. The molecular weight excluding hydrogens is 290 g/mol. The molecule has 0 aliphatic heterocycles. The Balaban J connectivity index is 1.59. The number of carbonyl (C=O) groups excluding carboxylic acids is 1. The molecule has 1 aliphatic rings. The molecule has 3 rings (SSSR count). The van der Waals surface area contributed by atoms with E-state index in [2.05, 4.69) is 17.3 Å². The summed E-state index contributed by atoms with van der Waals surface area (Å²) in [5.41, 5.74) is 2.63. The first-order valence-corrected chi connectivity index (χ1v) is 7.64. The molecule has 23 heavy (non-hydrogen) atoms. The Morgan fingerprint density at radius 3 is 2.43 bits per heavy atom. The van der Waals surface area contributed by atoms with Crippen LogP contribution in [0.5, 0.6) is 5.75 Å². The molecule has 0 amide bonds. The largest absolute Gasteiger partial charge is 0.497 e. The van der Waals surface area contributed by atoms with Crippen molar-refractivity contribution >= 4 is 11.7 Å². The van der Waals surface area contributed by atoms with Gasteiger partial charge >= 0.3 is 5.97 Å². The minimum absolute atomic E-state index is 0.340. The molecule has 0 radical (unpaired) electrons. The van der Waals surface area contributed by atoms with Crippen LogP contribution in [0.25, 0.3) is 0 Å². The van der Waals surface area contributed by atoms with E-state index in [4.69, 9.17) is 9.57 Å². The van der Waals surface area contributed by atoms with Crippen LogP contribution in [0.15, 0.2) is 59.8 Å². The number of nitrogens with zero attached hydrogens (tertiary/aromatic N) is 1. The lowest BCUT2D eigenvalue weighted by atomic mass is 10.1. The van der Waals surface area contributed by atoms with Crippen LogP contribution in [0.1, 0.15) is 35.2 Å². The van der Waals surface area contributed by atoms with Gasteiger partial charge in [0.25, 0.3) is 0 Å². The third kappa shape index (κ3) is 3.59. The first kappa shape index (κ1) is 15.3. The van der Waals surface area contributed by atoms with Crippen molar-refractivity contribution in [2.75, 3.05) is 7.11 Å². The molecule has 2 aromatic rings. The molecule has 1 aliphatic carbocycles. The molecular formula is C19H19NO3. The van der Waals surface area contributed by atoms with Crippen LogP contribution >= 0.6 is 0 Å². The average Bonchev–Trinajstić information content (AvgIpc) is 3.41. The highest BCUT2D eigenvalue weighted by Gasteiger charge is 2.40. The number of hydrogen-bond donors (Lipinski definition) is 0. The third-order valence-electron chi connectivity index (χ3n) is 4.15. The van der Waals surface area contributed by atoms with E-state index in [0.717, 1.165) is 17.9 Å². The van der Waals surface area contributed by atoms with Gasteiger partial charge in [0.2, 0.25) is 0 Å². The van der Waals surface area contributed by atoms with E-state index in [1.807, 2.05) is 25.1 Å². The molecule has 0 N–H and O–H groups in total. The molecule has 0 bridgehead atoms.